The highest BCUT2D eigenvalue weighted by atomic mass is 16.5. The van der Waals surface area contributed by atoms with Crippen LogP contribution in [-0.2, 0) is 9.59 Å². The van der Waals surface area contributed by atoms with E-state index in [-0.39, 0.29) is 0 Å². The first kappa shape index (κ1) is 13.6. The van der Waals surface area contributed by atoms with E-state index in [0.717, 1.165) is 5.56 Å². The molecule has 0 aliphatic rings. The molecule has 0 aliphatic carbocycles. The number of aromatic amines is 1. The highest BCUT2D eigenvalue weighted by molar-refractivity contribution is 6.43. The lowest BCUT2D eigenvalue weighted by Gasteiger charge is -2.10. The zero-order chi connectivity index (χ0) is 14.5. The molecule has 2 rings (SSSR count). The molecule has 0 bridgehead atoms. The van der Waals surface area contributed by atoms with Gasteiger partial charge in [-0.25, -0.2) is 0 Å². The third-order valence-electron chi connectivity index (χ3n) is 2.56. The second-order valence-electron chi connectivity index (χ2n) is 4.08. The van der Waals surface area contributed by atoms with Crippen molar-refractivity contribution in [1.82, 2.24) is 10.2 Å². The summed E-state index contributed by atoms with van der Waals surface area (Å²) in [6, 6.07) is 6.83. The number of benzene rings is 1. The van der Waals surface area contributed by atoms with Crippen molar-refractivity contribution in [3.8, 4) is 5.75 Å². The van der Waals surface area contributed by atoms with E-state index in [1.54, 1.807) is 18.2 Å². The molecule has 7 heteroatoms. The van der Waals surface area contributed by atoms with Crippen molar-refractivity contribution in [3.05, 3.63) is 36.0 Å². The molecule has 1 aromatic carbocycles. The van der Waals surface area contributed by atoms with Crippen molar-refractivity contribution >= 4 is 23.3 Å². The maximum Gasteiger partial charge on any atom is 0.315 e. The molecule has 0 saturated heterocycles. The predicted molar refractivity (Wildman–Crippen MR) is 73.6 cm³/mol. The summed E-state index contributed by atoms with van der Waals surface area (Å²) < 4.78 is 5.12. The lowest BCUT2D eigenvalue weighted by atomic mass is 10.2. The number of hydrogen-bond donors (Lipinski definition) is 3. The number of amides is 2. The molecule has 0 fully saturated rings. The maximum absolute atomic E-state index is 11.8. The monoisotopic (exact) mass is 274 g/mol. The molecule has 1 aromatic heterocycles. The number of aryl methyl sites for hydroxylation is 1. The molecule has 0 spiro atoms. The Morgan fingerprint density at radius 1 is 1.20 bits per heavy atom. The molecule has 0 unspecified atom stereocenters. The number of aromatic nitrogens is 2. The van der Waals surface area contributed by atoms with E-state index < -0.39 is 11.8 Å². The number of H-pyrrole nitrogens is 1. The van der Waals surface area contributed by atoms with Crippen LogP contribution in [0, 0.1) is 6.92 Å². The van der Waals surface area contributed by atoms with Crippen LogP contribution in [-0.4, -0.2) is 29.1 Å². The molecular formula is C13H14N4O3. The quantitative estimate of drug-likeness (QED) is 0.735. The number of hydrogen-bond acceptors (Lipinski definition) is 4. The number of carbonyl (C=O) groups excluding carboxylic acids is 2. The van der Waals surface area contributed by atoms with E-state index in [4.69, 9.17) is 4.74 Å². The topological polar surface area (TPSA) is 96.1 Å². The van der Waals surface area contributed by atoms with Gasteiger partial charge in [-0.2, -0.15) is 5.10 Å². The molecule has 20 heavy (non-hydrogen) atoms. The average Bonchev–Trinajstić information content (AvgIpc) is 2.91. The Hall–Kier alpha value is -2.83. The fourth-order valence-electron chi connectivity index (χ4n) is 1.60. The van der Waals surface area contributed by atoms with Gasteiger partial charge >= 0.3 is 11.8 Å². The largest absolute Gasteiger partial charge is 0.495 e. The van der Waals surface area contributed by atoms with Gasteiger partial charge < -0.3 is 15.4 Å². The standard InChI is InChI=1S/C13H14N4O3/c1-8-3-4-10(20-2)9(7-8)15-12(18)13(19)16-11-5-6-14-17-11/h3-7H,1-2H3,(H,15,18)(H2,14,16,17,19). The van der Waals surface area contributed by atoms with Gasteiger partial charge in [0, 0.05) is 6.07 Å². The summed E-state index contributed by atoms with van der Waals surface area (Å²) in [6.45, 7) is 1.87. The van der Waals surface area contributed by atoms with Crippen LogP contribution in [0.1, 0.15) is 5.56 Å². The number of nitrogens with one attached hydrogen (secondary N) is 3. The number of carbonyl (C=O) groups is 2. The molecule has 2 amide bonds. The van der Waals surface area contributed by atoms with Crippen LogP contribution in [0.25, 0.3) is 0 Å². The number of ether oxygens (including phenoxy) is 1. The van der Waals surface area contributed by atoms with Crippen molar-refractivity contribution in [2.75, 3.05) is 17.7 Å². The van der Waals surface area contributed by atoms with Gasteiger partial charge in [-0.15, -0.1) is 0 Å². The van der Waals surface area contributed by atoms with Crippen LogP contribution in [0.3, 0.4) is 0 Å². The molecule has 2 aromatic rings. The van der Waals surface area contributed by atoms with Crippen LogP contribution < -0.4 is 15.4 Å². The summed E-state index contributed by atoms with van der Waals surface area (Å²) in [4.78, 5) is 23.5. The van der Waals surface area contributed by atoms with E-state index in [1.165, 1.54) is 13.3 Å². The van der Waals surface area contributed by atoms with Crippen LogP contribution in [0.4, 0.5) is 11.5 Å². The minimum Gasteiger partial charge on any atom is -0.495 e. The van der Waals surface area contributed by atoms with Gasteiger partial charge in [0.25, 0.3) is 0 Å². The Balaban J connectivity index is 2.07. The van der Waals surface area contributed by atoms with Crippen LogP contribution >= 0.6 is 0 Å². The number of anilines is 2. The van der Waals surface area contributed by atoms with E-state index in [9.17, 15) is 9.59 Å². The maximum atomic E-state index is 11.8. The molecule has 0 atom stereocenters. The Labute approximate surface area is 115 Å². The second kappa shape index (κ2) is 5.87. The third kappa shape index (κ3) is 3.14. The molecule has 0 radical (unpaired) electrons. The summed E-state index contributed by atoms with van der Waals surface area (Å²) >= 11 is 0. The van der Waals surface area contributed by atoms with Gasteiger partial charge in [-0.05, 0) is 24.6 Å². The summed E-state index contributed by atoms with van der Waals surface area (Å²) in [5.74, 6) is -0.749. The fourth-order valence-corrected chi connectivity index (χ4v) is 1.60. The van der Waals surface area contributed by atoms with E-state index in [2.05, 4.69) is 20.8 Å². The molecule has 0 aliphatic heterocycles. The van der Waals surface area contributed by atoms with E-state index in [1.807, 2.05) is 13.0 Å². The minimum atomic E-state index is -0.794. The number of rotatable bonds is 3. The molecule has 7 nitrogen and oxygen atoms in total. The zero-order valence-electron chi connectivity index (χ0n) is 11.1. The first-order valence-electron chi connectivity index (χ1n) is 5.86. The highest BCUT2D eigenvalue weighted by Gasteiger charge is 2.16. The number of nitrogens with zero attached hydrogens (tertiary/aromatic N) is 1. The Kier molecular flexibility index (Phi) is 3.99. The SMILES string of the molecule is COc1ccc(C)cc1NC(=O)C(=O)Nc1ccn[nH]1. The lowest BCUT2D eigenvalue weighted by molar-refractivity contribution is -0.133. The van der Waals surface area contributed by atoms with Crippen molar-refractivity contribution in [3.63, 3.8) is 0 Å². The third-order valence-corrected chi connectivity index (χ3v) is 2.56. The second-order valence-corrected chi connectivity index (χ2v) is 4.08. The van der Waals surface area contributed by atoms with E-state index in [0.29, 0.717) is 17.3 Å². The Morgan fingerprint density at radius 2 is 1.95 bits per heavy atom. The lowest BCUT2D eigenvalue weighted by Crippen LogP contribution is -2.29. The van der Waals surface area contributed by atoms with Crippen molar-refractivity contribution in [2.45, 2.75) is 6.92 Å². The summed E-state index contributed by atoms with van der Waals surface area (Å²) in [5.41, 5.74) is 1.38. The molecule has 0 saturated carbocycles. The van der Waals surface area contributed by atoms with Crippen molar-refractivity contribution in [2.24, 2.45) is 0 Å². The smallest absolute Gasteiger partial charge is 0.315 e. The normalized spacial score (nSPS) is 9.90. The predicted octanol–water partition coefficient (Wildman–Crippen LogP) is 1.30. The van der Waals surface area contributed by atoms with Crippen molar-refractivity contribution in [1.29, 1.82) is 0 Å². The molecular weight excluding hydrogens is 260 g/mol. The average molecular weight is 274 g/mol. The Morgan fingerprint density at radius 3 is 2.60 bits per heavy atom. The van der Waals surface area contributed by atoms with Gasteiger partial charge in [0.1, 0.15) is 11.6 Å². The fraction of sp³-hybridized carbons (Fsp3) is 0.154. The number of methoxy groups -OCH3 is 1. The molecule has 104 valence electrons. The van der Waals surface area contributed by atoms with Gasteiger partial charge in [-0.3, -0.25) is 14.7 Å². The van der Waals surface area contributed by atoms with Crippen LogP contribution in [0.5, 0.6) is 5.75 Å². The summed E-state index contributed by atoms with van der Waals surface area (Å²) in [7, 11) is 1.49. The highest BCUT2D eigenvalue weighted by Crippen LogP contribution is 2.25. The van der Waals surface area contributed by atoms with Crippen LogP contribution in [0.2, 0.25) is 0 Å². The van der Waals surface area contributed by atoms with E-state index >= 15 is 0 Å². The summed E-state index contributed by atoms with van der Waals surface area (Å²) in [6.07, 6.45) is 1.47. The van der Waals surface area contributed by atoms with Gasteiger partial charge in [0.2, 0.25) is 0 Å². The van der Waals surface area contributed by atoms with Gasteiger partial charge in [-0.1, -0.05) is 6.07 Å². The zero-order valence-corrected chi connectivity index (χ0v) is 11.1. The summed E-state index contributed by atoms with van der Waals surface area (Å²) in [5, 5.41) is 11.1. The first-order valence-corrected chi connectivity index (χ1v) is 5.86. The molecule has 3 N–H and O–H groups in total. The van der Waals surface area contributed by atoms with Crippen molar-refractivity contribution < 1.29 is 14.3 Å². The van der Waals surface area contributed by atoms with Crippen LogP contribution in [0.15, 0.2) is 30.5 Å². The molecule has 1 heterocycles. The van der Waals surface area contributed by atoms with Gasteiger partial charge in [0.05, 0.1) is 19.0 Å². The van der Waals surface area contributed by atoms with Gasteiger partial charge in [0.15, 0.2) is 0 Å². The first-order chi connectivity index (χ1) is 9.60. The minimum absolute atomic E-state index is 0.348. The Bertz CT molecular complexity index is 623.